The summed E-state index contributed by atoms with van der Waals surface area (Å²) in [6.45, 7) is 3.38. The Bertz CT molecular complexity index is 683. The van der Waals surface area contributed by atoms with E-state index in [2.05, 4.69) is 49.2 Å². The number of rotatable bonds is 4. The molecule has 122 valence electrons. The van der Waals surface area contributed by atoms with Crippen molar-refractivity contribution in [3.8, 4) is 0 Å². The number of benzene rings is 2. The summed E-state index contributed by atoms with van der Waals surface area (Å²) in [6, 6.07) is 15.4. The van der Waals surface area contributed by atoms with E-state index < -0.39 is 0 Å². The van der Waals surface area contributed by atoms with Crippen LogP contribution in [0.5, 0.6) is 0 Å². The fourth-order valence-electron chi connectivity index (χ4n) is 3.81. The van der Waals surface area contributed by atoms with Gasteiger partial charge < -0.3 is 0 Å². The Morgan fingerprint density at radius 2 is 1.74 bits per heavy atom. The van der Waals surface area contributed by atoms with Crippen molar-refractivity contribution in [2.24, 2.45) is 0 Å². The minimum atomic E-state index is 0.409. The lowest BCUT2D eigenvalue weighted by atomic mass is 9.76. The maximum atomic E-state index is 6.24. The Labute approximate surface area is 149 Å². The Balaban J connectivity index is 1.98. The van der Waals surface area contributed by atoms with Crippen LogP contribution in [-0.4, -0.2) is 18.5 Å². The molecule has 0 aliphatic heterocycles. The van der Waals surface area contributed by atoms with Crippen LogP contribution in [0.15, 0.2) is 42.5 Å². The fourth-order valence-corrected chi connectivity index (χ4v) is 4.12. The summed E-state index contributed by atoms with van der Waals surface area (Å²) in [6.07, 6.45) is 3.51. The molecule has 1 nitrogen and oxygen atoms in total. The predicted molar refractivity (Wildman–Crippen MR) is 99.6 cm³/mol. The lowest BCUT2D eigenvalue weighted by Gasteiger charge is -2.37. The Morgan fingerprint density at radius 3 is 2.43 bits per heavy atom. The standard InChI is InChI=1S/C20H23Cl2N/c1-3-12-23(2)20-11-9-15(16-6-4-5-7-17(16)20)14-8-10-18(21)19(22)13-14/h4-8,10,13,15,20H,3,9,11-12H2,1-2H3/t15-,20?/m0/s1. The Hall–Kier alpha value is -1.02. The smallest absolute Gasteiger partial charge is 0.0595 e. The Kier molecular flexibility index (Phi) is 5.31. The zero-order valence-corrected chi connectivity index (χ0v) is 15.2. The highest BCUT2D eigenvalue weighted by molar-refractivity contribution is 6.42. The first-order valence-electron chi connectivity index (χ1n) is 8.35. The summed E-state index contributed by atoms with van der Waals surface area (Å²) < 4.78 is 0. The van der Waals surface area contributed by atoms with E-state index in [0.29, 0.717) is 22.0 Å². The summed E-state index contributed by atoms with van der Waals surface area (Å²) in [4.78, 5) is 2.49. The third-order valence-electron chi connectivity index (χ3n) is 4.91. The van der Waals surface area contributed by atoms with Gasteiger partial charge in [0.1, 0.15) is 0 Å². The zero-order chi connectivity index (χ0) is 16.4. The summed E-state index contributed by atoms with van der Waals surface area (Å²) in [7, 11) is 2.24. The molecule has 0 saturated heterocycles. The maximum absolute atomic E-state index is 6.24. The van der Waals surface area contributed by atoms with Gasteiger partial charge in [-0.15, -0.1) is 0 Å². The van der Waals surface area contributed by atoms with E-state index in [1.165, 1.54) is 29.5 Å². The monoisotopic (exact) mass is 347 g/mol. The number of hydrogen-bond acceptors (Lipinski definition) is 1. The van der Waals surface area contributed by atoms with Crippen LogP contribution in [0, 0.1) is 0 Å². The molecule has 0 fully saturated rings. The van der Waals surface area contributed by atoms with E-state index in [9.17, 15) is 0 Å². The predicted octanol–water partition coefficient (Wildman–Crippen LogP) is 6.30. The van der Waals surface area contributed by atoms with Gasteiger partial charge in [-0.25, -0.2) is 0 Å². The average Bonchev–Trinajstić information content (AvgIpc) is 2.56. The van der Waals surface area contributed by atoms with Gasteiger partial charge in [-0.1, -0.05) is 60.5 Å². The molecule has 0 heterocycles. The quantitative estimate of drug-likeness (QED) is 0.626. The van der Waals surface area contributed by atoms with Crippen molar-refractivity contribution in [1.29, 1.82) is 0 Å². The molecular weight excluding hydrogens is 325 g/mol. The van der Waals surface area contributed by atoms with E-state index in [1.807, 2.05) is 12.1 Å². The largest absolute Gasteiger partial charge is 0.299 e. The summed E-state index contributed by atoms with van der Waals surface area (Å²) in [5.41, 5.74) is 4.17. The molecule has 2 aromatic carbocycles. The zero-order valence-electron chi connectivity index (χ0n) is 13.7. The van der Waals surface area contributed by atoms with E-state index in [-0.39, 0.29) is 0 Å². The first kappa shape index (κ1) is 16.8. The molecule has 2 aromatic rings. The third kappa shape index (κ3) is 3.42. The van der Waals surface area contributed by atoms with Crippen molar-refractivity contribution in [2.45, 2.75) is 38.1 Å². The molecule has 0 saturated carbocycles. The number of nitrogens with zero attached hydrogens (tertiary/aromatic N) is 1. The van der Waals surface area contributed by atoms with Gasteiger partial charge in [0, 0.05) is 12.0 Å². The first-order valence-corrected chi connectivity index (χ1v) is 9.11. The third-order valence-corrected chi connectivity index (χ3v) is 5.65. The molecule has 0 spiro atoms. The van der Waals surface area contributed by atoms with Gasteiger partial charge in [0.15, 0.2) is 0 Å². The van der Waals surface area contributed by atoms with E-state index in [1.54, 1.807) is 0 Å². The molecule has 3 rings (SSSR count). The topological polar surface area (TPSA) is 3.24 Å². The van der Waals surface area contributed by atoms with Crippen molar-refractivity contribution in [1.82, 2.24) is 4.90 Å². The second kappa shape index (κ2) is 7.25. The molecule has 1 aliphatic rings. The van der Waals surface area contributed by atoms with Crippen LogP contribution >= 0.6 is 23.2 Å². The highest BCUT2D eigenvalue weighted by Gasteiger charge is 2.30. The lowest BCUT2D eigenvalue weighted by Crippen LogP contribution is -2.29. The van der Waals surface area contributed by atoms with Crippen LogP contribution in [0.3, 0.4) is 0 Å². The van der Waals surface area contributed by atoms with Gasteiger partial charge >= 0.3 is 0 Å². The van der Waals surface area contributed by atoms with Crippen LogP contribution < -0.4 is 0 Å². The second-order valence-corrected chi connectivity index (χ2v) is 7.24. The molecule has 1 aliphatic carbocycles. The first-order chi connectivity index (χ1) is 11.1. The van der Waals surface area contributed by atoms with E-state index in [4.69, 9.17) is 23.2 Å². The van der Waals surface area contributed by atoms with Crippen LogP contribution in [0.2, 0.25) is 10.0 Å². The number of halogens is 2. The van der Waals surface area contributed by atoms with Crippen molar-refractivity contribution in [3.05, 3.63) is 69.2 Å². The molecule has 1 unspecified atom stereocenters. The lowest BCUT2D eigenvalue weighted by molar-refractivity contribution is 0.218. The molecule has 0 N–H and O–H groups in total. The maximum Gasteiger partial charge on any atom is 0.0595 e. The Morgan fingerprint density at radius 1 is 1.00 bits per heavy atom. The van der Waals surface area contributed by atoms with Gasteiger partial charge in [-0.2, -0.15) is 0 Å². The van der Waals surface area contributed by atoms with Crippen molar-refractivity contribution < 1.29 is 0 Å². The van der Waals surface area contributed by atoms with Crippen molar-refractivity contribution in [2.75, 3.05) is 13.6 Å². The van der Waals surface area contributed by atoms with Gasteiger partial charge in [0.05, 0.1) is 10.0 Å². The molecule has 0 radical (unpaired) electrons. The minimum Gasteiger partial charge on any atom is -0.299 e. The average molecular weight is 348 g/mol. The van der Waals surface area contributed by atoms with Gasteiger partial charge in [-0.05, 0) is 61.7 Å². The van der Waals surface area contributed by atoms with Gasteiger partial charge in [0.25, 0.3) is 0 Å². The molecule has 0 amide bonds. The minimum absolute atomic E-state index is 0.409. The van der Waals surface area contributed by atoms with Crippen molar-refractivity contribution >= 4 is 23.2 Å². The highest BCUT2D eigenvalue weighted by atomic mass is 35.5. The summed E-state index contributed by atoms with van der Waals surface area (Å²) >= 11 is 12.3. The second-order valence-electron chi connectivity index (χ2n) is 6.43. The molecule has 2 atom stereocenters. The summed E-state index contributed by atoms with van der Waals surface area (Å²) in [5, 5.41) is 1.27. The van der Waals surface area contributed by atoms with E-state index >= 15 is 0 Å². The molecule has 3 heteroatoms. The van der Waals surface area contributed by atoms with Gasteiger partial charge in [0.2, 0.25) is 0 Å². The van der Waals surface area contributed by atoms with Crippen LogP contribution in [0.25, 0.3) is 0 Å². The highest BCUT2D eigenvalue weighted by Crippen LogP contribution is 2.44. The fraction of sp³-hybridized carbons (Fsp3) is 0.400. The molecular formula is C20H23Cl2N. The summed E-state index contributed by atoms with van der Waals surface area (Å²) in [5.74, 6) is 0.409. The number of fused-ring (bicyclic) bond motifs is 1. The molecule has 0 bridgehead atoms. The van der Waals surface area contributed by atoms with Crippen LogP contribution in [0.1, 0.15) is 54.8 Å². The van der Waals surface area contributed by atoms with Crippen LogP contribution in [0.4, 0.5) is 0 Å². The number of hydrogen-bond donors (Lipinski definition) is 0. The van der Waals surface area contributed by atoms with Gasteiger partial charge in [-0.3, -0.25) is 4.90 Å². The van der Waals surface area contributed by atoms with Crippen molar-refractivity contribution in [3.63, 3.8) is 0 Å². The van der Waals surface area contributed by atoms with E-state index in [0.717, 1.165) is 13.0 Å². The molecule has 0 aromatic heterocycles. The normalized spacial score (nSPS) is 20.6. The molecule has 23 heavy (non-hydrogen) atoms. The van der Waals surface area contributed by atoms with Crippen LogP contribution in [-0.2, 0) is 0 Å². The SMILES string of the molecule is CCCN(C)C1CC[C@@H](c2ccc(Cl)c(Cl)c2)c2ccccc21.